The highest BCUT2D eigenvalue weighted by Gasteiger charge is 2.34. The molecule has 1 aliphatic heterocycles. The van der Waals surface area contributed by atoms with Crippen LogP contribution < -0.4 is 15.3 Å². The van der Waals surface area contributed by atoms with E-state index in [2.05, 4.69) is 0 Å². The Kier molecular flexibility index (Phi) is 4.11. The fourth-order valence-corrected chi connectivity index (χ4v) is 3.53. The first-order chi connectivity index (χ1) is 13.5. The van der Waals surface area contributed by atoms with Gasteiger partial charge < -0.3 is 13.9 Å². The molecule has 2 heterocycles. The van der Waals surface area contributed by atoms with E-state index in [0.29, 0.717) is 10.8 Å². The normalized spacial score (nSPS) is 14.1. The van der Waals surface area contributed by atoms with Gasteiger partial charge in [0.05, 0.1) is 19.8 Å². The minimum Gasteiger partial charge on any atom is -0.495 e. The van der Waals surface area contributed by atoms with Crippen LogP contribution in [0, 0.1) is 0 Å². The Labute approximate surface area is 158 Å². The molecule has 1 saturated heterocycles. The maximum Gasteiger partial charge on any atom is 0.338 e. The fraction of sp³-hybridized carbons (Fsp3) is 0.200. The molecule has 0 N–H and O–H groups in total. The van der Waals surface area contributed by atoms with E-state index in [-0.39, 0.29) is 52.6 Å². The Morgan fingerprint density at radius 3 is 2.32 bits per heavy atom. The number of nitrogens with zero attached hydrogens (tertiary/aromatic N) is 1. The van der Waals surface area contributed by atoms with Gasteiger partial charge in [0.25, 0.3) is 0 Å². The zero-order valence-corrected chi connectivity index (χ0v) is 15.1. The Balaban J connectivity index is 2.24. The molecule has 4 rings (SSSR count). The molecular formula is C20H15NO7. The predicted octanol–water partition coefficient (Wildman–Crippen LogP) is 2.39. The average Bonchev–Trinajstić information content (AvgIpc) is 3.03. The summed E-state index contributed by atoms with van der Waals surface area (Å²) < 4.78 is 15.5. The van der Waals surface area contributed by atoms with Crippen LogP contribution in [0.5, 0.6) is 5.75 Å². The van der Waals surface area contributed by atoms with Crippen molar-refractivity contribution in [1.29, 1.82) is 0 Å². The van der Waals surface area contributed by atoms with Gasteiger partial charge in [-0.15, -0.1) is 0 Å². The molecule has 2 amide bonds. The number of methoxy groups -OCH3 is 2. The number of benzene rings is 2. The van der Waals surface area contributed by atoms with Crippen molar-refractivity contribution >= 4 is 45.2 Å². The van der Waals surface area contributed by atoms with E-state index >= 15 is 0 Å². The lowest BCUT2D eigenvalue weighted by atomic mass is 9.99. The first-order valence-corrected chi connectivity index (χ1v) is 8.48. The molecule has 8 nitrogen and oxygen atoms in total. The molecule has 0 saturated carbocycles. The molecule has 0 unspecified atom stereocenters. The average molecular weight is 381 g/mol. The molecule has 1 fully saturated rings. The van der Waals surface area contributed by atoms with Gasteiger partial charge in [-0.1, -0.05) is 12.1 Å². The molecule has 0 bridgehead atoms. The van der Waals surface area contributed by atoms with Gasteiger partial charge in [0.2, 0.25) is 11.8 Å². The van der Waals surface area contributed by atoms with E-state index in [9.17, 15) is 19.2 Å². The van der Waals surface area contributed by atoms with E-state index in [0.717, 1.165) is 11.0 Å². The summed E-state index contributed by atoms with van der Waals surface area (Å²) in [5.41, 5.74) is -0.385. The lowest BCUT2D eigenvalue weighted by Crippen LogP contribution is -2.29. The summed E-state index contributed by atoms with van der Waals surface area (Å²) in [6.45, 7) is 0. The third-order valence-electron chi connectivity index (χ3n) is 4.73. The highest BCUT2D eigenvalue weighted by Crippen LogP contribution is 2.43. The molecule has 0 radical (unpaired) electrons. The van der Waals surface area contributed by atoms with E-state index in [4.69, 9.17) is 13.9 Å². The first kappa shape index (κ1) is 17.7. The first-order valence-electron chi connectivity index (χ1n) is 8.48. The second-order valence-electron chi connectivity index (χ2n) is 6.25. The van der Waals surface area contributed by atoms with E-state index in [1.165, 1.54) is 14.2 Å². The SMILES string of the molecule is COC(=O)c1cc(=O)oc2ccc3ccc(OC)c(N4C(=O)CCC4=O)c3c12. The van der Waals surface area contributed by atoms with Crippen molar-refractivity contribution in [2.45, 2.75) is 12.8 Å². The number of hydrogen-bond donors (Lipinski definition) is 0. The number of ether oxygens (including phenoxy) is 2. The van der Waals surface area contributed by atoms with Gasteiger partial charge in [-0.2, -0.15) is 0 Å². The summed E-state index contributed by atoms with van der Waals surface area (Å²) in [7, 11) is 2.62. The van der Waals surface area contributed by atoms with Crippen LogP contribution >= 0.6 is 0 Å². The van der Waals surface area contributed by atoms with Crippen molar-refractivity contribution in [3.63, 3.8) is 0 Å². The van der Waals surface area contributed by atoms with Crippen LogP contribution in [-0.4, -0.2) is 32.0 Å². The Morgan fingerprint density at radius 1 is 1.00 bits per heavy atom. The largest absolute Gasteiger partial charge is 0.495 e. The molecule has 0 atom stereocenters. The maximum atomic E-state index is 12.4. The second-order valence-corrected chi connectivity index (χ2v) is 6.25. The third kappa shape index (κ3) is 2.53. The van der Waals surface area contributed by atoms with Gasteiger partial charge >= 0.3 is 11.6 Å². The quantitative estimate of drug-likeness (QED) is 0.297. The molecule has 0 aliphatic carbocycles. The van der Waals surface area contributed by atoms with Crippen molar-refractivity contribution in [3.05, 3.63) is 46.3 Å². The Morgan fingerprint density at radius 2 is 1.68 bits per heavy atom. The number of imide groups is 1. The highest BCUT2D eigenvalue weighted by molar-refractivity contribution is 6.28. The summed E-state index contributed by atoms with van der Waals surface area (Å²) in [6, 6.07) is 7.63. The number of hydrogen-bond acceptors (Lipinski definition) is 7. The van der Waals surface area contributed by atoms with Gasteiger partial charge in [0.1, 0.15) is 17.0 Å². The van der Waals surface area contributed by atoms with E-state index in [1.54, 1.807) is 24.3 Å². The van der Waals surface area contributed by atoms with Gasteiger partial charge in [-0.05, 0) is 17.5 Å². The summed E-state index contributed by atoms with van der Waals surface area (Å²) in [5, 5.41) is 1.30. The van der Waals surface area contributed by atoms with Crippen molar-refractivity contribution in [1.82, 2.24) is 0 Å². The summed E-state index contributed by atoms with van der Waals surface area (Å²) in [4.78, 5) is 50.2. The monoisotopic (exact) mass is 381 g/mol. The van der Waals surface area contributed by atoms with Gasteiger partial charge in [0.15, 0.2) is 0 Å². The lowest BCUT2D eigenvalue weighted by molar-refractivity contribution is -0.121. The number of carbonyl (C=O) groups excluding carboxylic acids is 3. The molecular weight excluding hydrogens is 366 g/mol. The molecule has 1 aromatic heterocycles. The number of fused-ring (bicyclic) bond motifs is 3. The standard InChI is InChI=1S/C20H15NO7/c1-26-13-6-4-10-3-5-12-18(11(20(25)27-2)9-16(24)28-12)17(10)19(13)21-14(22)7-8-15(21)23/h3-6,9H,7-8H2,1-2H3. The minimum absolute atomic E-state index is 0.0204. The van der Waals surface area contributed by atoms with Crippen molar-refractivity contribution in [2.24, 2.45) is 0 Å². The van der Waals surface area contributed by atoms with E-state index in [1.807, 2.05) is 0 Å². The minimum atomic E-state index is -0.738. The van der Waals surface area contributed by atoms with Crippen LogP contribution in [0.1, 0.15) is 23.2 Å². The van der Waals surface area contributed by atoms with Crippen molar-refractivity contribution < 1.29 is 28.3 Å². The molecule has 28 heavy (non-hydrogen) atoms. The van der Waals surface area contributed by atoms with Crippen molar-refractivity contribution in [3.8, 4) is 5.75 Å². The van der Waals surface area contributed by atoms with Crippen LogP contribution in [0.15, 0.2) is 39.5 Å². The number of amides is 2. The molecule has 142 valence electrons. The predicted molar refractivity (Wildman–Crippen MR) is 99.6 cm³/mol. The maximum absolute atomic E-state index is 12.4. The number of rotatable bonds is 3. The summed E-state index contributed by atoms with van der Waals surface area (Å²) in [5.74, 6) is -1.20. The summed E-state index contributed by atoms with van der Waals surface area (Å²) in [6.07, 6.45) is 0.171. The molecule has 1 aliphatic rings. The molecule has 2 aromatic carbocycles. The lowest BCUT2D eigenvalue weighted by Gasteiger charge is -2.21. The molecule has 8 heteroatoms. The molecule has 3 aromatic rings. The van der Waals surface area contributed by atoms with Gasteiger partial charge in [-0.25, -0.2) is 14.5 Å². The van der Waals surface area contributed by atoms with Gasteiger partial charge in [0, 0.05) is 29.7 Å². The second kappa shape index (κ2) is 6.49. The van der Waals surface area contributed by atoms with Crippen LogP contribution in [0.3, 0.4) is 0 Å². The fourth-order valence-electron chi connectivity index (χ4n) is 3.53. The van der Waals surface area contributed by atoms with Crippen LogP contribution in [0.4, 0.5) is 5.69 Å². The van der Waals surface area contributed by atoms with Crippen LogP contribution in [0.25, 0.3) is 21.7 Å². The summed E-state index contributed by atoms with van der Waals surface area (Å²) >= 11 is 0. The Hall–Kier alpha value is -3.68. The zero-order valence-electron chi connectivity index (χ0n) is 15.1. The molecule has 0 spiro atoms. The van der Waals surface area contributed by atoms with Crippen LogP contribution in [-0.2, 0) is 14.3 Å². The third-order valence-corrected chi connectivity index (χ3v) is 4.73. The van der Waals surface area contributed by atoms with Gasteiger partial charge in [-0.3, -0.25) is 9.59 Å². The number of anilines is 1. The van der Waals surface area contributed by atoms with Crippen molar-refractivity contribution in [2.75, 3.05) is 19.1 Å². The Bertz CT molecular complexity index is 1210. The number of carbonyl (C=O) groups is 3. The van der Waals surface area contributed by atoms with E-state index < -0.39 is 11.6 Å². The highest BCUT2D eigenvalue weighted by atomic mass is 16.5. The topological polar surface area (TPSA) is 103 Å². The zero-order chi connectivity index (χ0) is 20.0. The smallest absolute Gasteiger partial charge is 0.338 e. The van der Waals surface area contributed by atoms with Crippen LogP contribution in [0.2, 0.25) is 0 Å². The number of esters is 1.